The molecule has 0 aromatic carbocycles. The highest BCUT2D eigenvalue weighted by Crippen LogP contribution is 2.29. The summed E-state index contributed by atoms with van der Waals surface area (Å²) >= 11 is 0. The summed E-state index contributed by atoms with van der Waals surface area (Å²) in [5.41, 5.74) is 5.82. The zero-order chi connectivity index (χ0) is 12.4. The quantitative estimate of drug-likeness (QED) is 0.763. The van der Waals surface area contributed by atoms with Crippen LogP contribution in [-0.4, -0.2) is 51.3 Å². The Morgan fingerprint density at radius 3 is 2.62 bits per heavy atom. The van der Waals surface area contributed by atoms with Gasteiger partial charge in [0.05, 0.1) is 12.4 Å². The fourth-order valence-corrected chi connectivity index (χ4v) is 3.43. The third-order valence-corrected chi connectivity index (χ3v) is 5.00. The molecule has 0 bridgehead atoms. The Kier molecular flexibility index (Phi) is 4.34. The molecule has 1 heterocycles. The number of rotatable bonds is 4. The van der Waals surface area contributed by atoms with E-state index in [1.54, 1.807) is 0 Å². The molecule has 1 aliphatic rings. The Labute approximate surface area is 98.0 Å². The van der Waals surface area contributed by atoms with Crippen LogP contribution in [0, 0.1) is 5.41 Å². The molecule has 1 unspecified atom stereocenters. The van der Waals surface area contributed by atoms with Crippen LogP contribution in [-0.2, 0) is 14.8 Å². The van der Waals surface area contributed by atoms with Crippen molar-refractivity contribution in [1.82, 2.24) is 4.31 Å². The van der Waals surface area contributed by atoms with Gasteiger partial charge in [-0.3, -0.25) is 0 Å². The molecular formula is C10H22N2O3S. The van der Waals surface area contributed by atoms with Gasteiger partial charge < -0.3 is 10.5 Å². The normalized spacial score (nSPS) is 26.9. The molecule has 0 amide bonds. The van der Waals surface area contributed by atoms with Crippen molar-refractivity contribution in [2.45, 2.75) is 26.3 Å². The summed E-state index contributed by atoms with van der Waals surface area (Å²) < 4.78 is 30.2. The molecule has 0 aromatic heterocycles. The van der Waals surface area contributed by atoms with Crippen LogP contribution in [0.2, 0.25) is 0 Å². The number of piperidine rings is 1. The first-order chi connectivity index (χ1) is 7.29. The first-order valence-electron chi connectivity index (χ1n) is 5.52. The molecule has 2 N–H and O–H groups in total. The molecule has 0 aromatic rings. The van der Waals surface area contributed by atoms with Crippen LogP contribution in [0.3, 0.4) is 0 Å². The molecule has 5 nitrogen and oxygen atoms in total. The largest absolute Gasteiger partial charge is 0.384 e. The van der Waals surface area contributed by atoms with E-state index in [1.165, 1.54) is 11.4 Å². The van der Waals surface area contributed by atoms with Gasteiger partial charge in [-0.25, -0.2) is 12.7 Å². The molecule has 16 heavy (non-hydrogen) atoms. The van der Waals surface area contributed by atoms with E-state index < -0.39 is 10.0 Å². The standard InChI is InChI=1S/C10H22N2O3S/c1-10(2)8-12(5-4-9(10)11)16(13,14)7-6-15-3/h9H,4-8,11H2,1-3H3. The van der Waals surface area contributed by atoms with Gasteiger partial charge in [0.15, 0.2) is 0 Å². The van der Waals surface area contributed by atoms with Crippen molar-refractivity contribution in [3.63, 3.8) is 0 Å². The summed E-state index contributed by atoms with van der Waals surface area (Å²) in [7, 11) is -1.68. The topological polar surface area (TPSA) is 72.6 Å². The highest BCUT2D eigenvalue weighted by molar-refractivity contribution is 7.89. The molecule has 1 saturated heterocycles. The average Bonchev–Trinajstić information content (AvgIpc) is 2.19. The Balaban J connectivity index is 2.69. The zero-order valence-corrected chi connectivity index (χ0v) is 11.1. The molecule has 1 atom stereocenters. The Bertz CT molecular complexity index is 327. The van der Waals surface area contributed by atoms with Crippen LogP contribution < -0.4 is 5.73 Å². The second-order valence-corrected chi connectivity index (χ2v) is 7.11. The number of methoxy groups -OCH3 is 1. The van der Waals surface area contributed by atoms with Gasteiger partial charge in [0.1, 0.15) is 0 Å². The molecule has 0 radical (unpaired) electrons. The van der Waals surface area contributed by atoms with Crippen molar-refractivity contribution >= 4 is 10.0 Å². The van der Waals surface area contributed by atoms with Gasteiger partial charge in [-0.15, -0.1) is 0 Å². The van der Waals surface area contributed by atoms with Crippen molar-refractivity contribution in [3.8, 4) is 0 Å². The highest BCUT2D eigenvalue weighted by atomic mass is 32.2. The SMILES string of the molecule is COCCS(=O)(=O)N1CCC(N)C(C)(C)C1. The summed E-state index contributed by atoms with van der Waals surface area (Å²) in [5, 5.41) is 0. The van der Waals surface area contributed by atoms with Gasteiger partial charge in [-0.05, 0) is 11.8 Å². The molecule has 0 aliphatic carbocycles. The highest BCUT2D eigenvalue weighted by Gasteiger charge is 2.37. The van der Waals surface area contributed by atoms with Gasteiger partial charge in [0, 0.05) is 26.2 Å². The van der Waals surface area contributed by atoms with Crippen LogP contribution in [0.5, 0.6) is 0 Å². The predicted octanol–water partition coefficient (Wildman–Crippen LogP) is 0.0218. The fourth-order valence-electron chi connectivity index (χ4n) is 1.88. The minimum absolute atomic E-state index is 0.0504. The fraction of sp³-hybridized carbons (Fsp3) is 1.00. The van der Waals surface area contributed by atoms with Crippen molar-refractivity contribution in [2.75, 3.05) is 32.6 Å². The molecular weight excluding hydrogens is 228 g/mol. The van der Waals surface area contributed by atoms with E-state index in [-0.39, 0.29) is 23.8 Å². The second kappa shape index (κ2) is 5.00. The number of sulfonamides is 1. The average molecular weight is 250 g/mol. The molecule has 1 aliphatic heterocycles. The molecule has 0 spiro atoms. The van der Waals surface area contributed by atoms with E-state index in [0.29, 0.717) is 13.1 Å². The van der Waals surface area contributed by atoms with Crippen LogP contribution in [0.4, 0.5) is 0 Å². The minimum atomic E-state index is -3.19. The molecule has 6 heteroatoms. The number of ether oxygens (including phenoxy) is 1. The Morgan fingerprint density at radius 1 is 1.50 bits per heavy atom. The summed E-state index contributed by atoms with van der Waals surface area (Å²) in [4.78, 5) is 0. The molecule has 0 saturated carbocycles. The van der Waals surface area contributed by atoms with Crippen molar-refractivity contribution in [2.24, 2.45) is 11.1 Å². The summed E-state index contributed by atoms with van der Waals surface area (Å²) in [5.74, 6) is 0.0504. The van der Waals surface area contributed by atoms with Crippen molar-refractivity contribution in [3.05, 3.63) is 0 Å². The van der Waals surface area contributed by atoms with Crippen LogP contribution in [0.15, 0.2) is 0 Å². The smallest absolute Gasteiger partial charge is 0.216 e. The number of nitrogens with two attached hydrogens (primary N) is 1. The van der Waals surface area contributed by atoms with E-state index >= 15 is 0 Å². The zero-order valence-electron chi connectivity index (χ0n) is 10.3. The maximum Gasteiger partial charge on any atom is 0.216 e. The van der Waals surface area contributed by atoms with Crippen LogP contribution in [0.1, 0.15) is 20.3 Å². The monoisotopic (exact) mass is 250 g/mol. The number of nitrogens with zero attached hydrogens (tertiary/aromatic N) is 1. The Morgan fingerprint density at radius 2 is 2.12 bits per heavy atom. The summed E-state index contributed by atoms with van der Waals surface area (Å²) in [6.45, 7) is 5.29. The molecule has 1 fully saturated rings. The van der Waals surface area contributed by atoms with Crippen LogP contribution in [0.25, 0.3) is 0 Å². The van der Waals surface area contributed by atoms with E-state index in [2.05, 4.69) is 0 Å². The Hall–Kier alpha value is -0.170. The van der Waals surface area contributed by atoms with E-state index in [4.69, 9.17) is 10.5 Å². The minimum Gasteiger partial charge on any atom is -0.384 e. The van der Waals surface area contributed by atoms with E-state index in [1.807, 2.05) is 13.8 Å². The lowest BCUT2D eigenvalue weighted by atomic mass is 9.81. The lowest BCUT2D eigenvalue weighted by Crippen LogP contribution is -2.54. The first kappa shape index (κ1) is 13.9. The van der Waals surface area contributed by atoms with Crippen molar-refractivity contribution < 1.29 is 13.2 Å². The molecule has 1 rings (SSSR count). The number of hydrogen-bond acceptors (Lipinski definition) is 4. The summed E-state index contributed by atoms with van der Waals surface area (Å²) in [6.07, 6.45) is 0.721. The van der Waals surface area contributed by atoms with Gasteiger partial charge in [-0.2, -0.15) is 0 Å². The third kappa shape index (κ3) is 3.16. The van der Waals surface area contributed by atoms with E-state index in [9.17, 15) is 8.42 Å². The van der Waals surface area contributed by atoms with Crippen LogP contribution >= 0.6 is 0 Å². The third-order valence-electron chi connectivity index (χ3n) is 3.22. The first-order valence-corrected chi connectivity index (χ1v) is 7.13. The van der Waals surface area contributed by atoms with Gasteiger partial charge >= 0.3 is 0 Å². The summed E-state index contributed by atoms with van der Waals surface area (Å²) in [6, 6.07) is 0.0707. The second-order valence-electron chi connectivity index (χ2n) is 5.03. The maximum absolute atomic E-state index is 11.9. The predicted molar refractivity (Wildman–Crippen MR) is 63.6 cm³/mol. The van der Waals surface area contributed by atoms with Gasteiger partial charge in [0.2, 0.25) is 10.0 Å². The van der Waals surface area contributed by atoms with Crippen molar-refractivity contribution in [1.29, 1.82) is 0 Å². The maximum atomic E-state index is 11.9. The van der Waals surface area contributed by atoms with Gasteiger partial charge in [-0.1, -0.05) is 13.8 Å². The van der Waals surface area contributed by atoms with Gasteiger partial charge in [0.25, 0.3) is 0 Å². The van der Waals surface area contributed by atoms with E-state index in [0.717, 1.165) is 6.42 Å². The lowest BCUT2D eigenvalue weighted by molar-refractivity contribution is 0.153. The number of hydrogen-bond donors (Lipinski definition) is 1. The lowest BCUT2D eigenvalue weighted by Gasteiger charge is -2.41. The molecule has 96 valence electrons.